The molecule has 2 N–H and O–H groups in total. The fourth-order valence-corrected chi connectivity index (χ4v) is 4.92. The van der Waals surface area contributed by atoms with Crippen molar-refractivity contribution in [2.45, 2.75) is 116 Å². The predicted molar refractivity (Wildman–Crippen MR) is 130 cm³/mol. The van der Waals surface area contributed by atoms with Gasteiger partial charge in [0.05, 0.1) is 6.61 Å². The second-order valence-corrected chi connectivity index (χ2v) is 10.1. The maximum Gasteiger partial charge on any atom is 0.303 e. The normalized spacial score (nSPS) is 35.4. The summed E-state index contributed by atoms with van der Waals surface area (Å²) in [5.41, 5.74) is 0. The van der Waals surface area contributed by atoms with Crippen molar-refractivity contribution in [3.8, 4) is 0 Å². The molecular formula is C25H39NO14. The average molecular weight is 578 g/mol. The van der Waals surface area contributed by atoms with Gasteiger partial charge in [0.2, 0.25) is 5.91 Å². The third-order valence-electron chi connectivity index (χ3n) is 6.27. The van der Waals surface area contributed by atoms with Crippen molar-refractivity contribution in [2.75, 3.05) is 19.8 Å². The minimum Gasteiger partial charge on any atom is -0.463 e. The number of aliphatic hydroxyl groups is 1. The molecule has 15 nitrogen and oxygen atoms in total. The van der Waals surface area contributed by atoms with Gasteiger partial charge in [-0.3, -0.25) is 19.2 Å². The lowest BCUT2D eigenvalue weighted by Crippen LogP contribution is -2.66. The Hall–Kier alpha value is -2.40. The molecule has 0 aromatic carbocycles. The zero-order valence-corrected chi connectivity index (χ0v) is 23.6. The van der Waals surface area contributed by atoms with Crippen LogP contribution in [-0.4, -0.2) is 116 Å². The quantitative estimate of drug-likeness (QED) is 0.232. The first-order valence-corrected chi connectivity index (χ1v) is 13.0. The van der Waals surface area contributed by atoms with Crippen LogP contribution in [0, 0.1) is 0 Å². The topological polar surface area (TPSA) is 184 Å². The van der Waals surface area contributed by atoms with Crippen LogP contribution in [-0.2, 0) is 61.8 Å². The molecule has 1 amide bonds. The molecule has 3 fully saturated rings. The van der Waals surface area contributed by atoms with Gasteiger partial charge in [-0.25, -0.2) is 0 Å². The van der Waals surface area contributed by atoms with Crippen molar-refractivity contribution in [3.63, 3.8) is 0 Å². The Morgan fingerprint density at radius 3 is 2.12 bits per heavy atom. The van der Waals surface area contributed by atoms with E-state index >= 15 is 0 Å². The minimum absolute atomic E-state index is 0.320. The van der Waals surface area contributed by atoms with E-state index in [1.807, 2.05) is 0 Å². The van der Waals surface area contributed by atoms with Crippen LogP contribution in [0.1, 0.15) is 48.5 Å². The molecule has 0 aromatic rings. The average Bonchev–Trinajstić information content (AvgIpc) is 3.31. The van der Waals surface area contributed by atoms with Crippen molar-refractivity contribution in [2.24, 2.45) is 0 Å². The van der Waals surface area contributed by atoms with Gasteiger partial charge in [-0.05, 0) is 20.8 Å². The first-order chi connectivity index (χ1) is 18.7. The summed E-state index contributed by atoms with van der Waals surface area (Å²) < 4.78 is 51.1. The summed E-state index contributed by atoms with van der Waals surface area (Å²) in [6, 6.07) is -1.18. The summed E-state index contributed by atoms with van der Waals surface area (Å²) in [6.45, 7) is 9.50. The van der Waals surface area contributed by atoms with Gasteiger partial charge in [0.1, 0.15) is 43.2 Å². The van der Waals surface area contributed by atoms with Crippen LogP contribution >= 0.6 is 0 Å². The highest BCUT2D eigenvalue weighted by atomic mass is 16.8. The highest BCUT2D eigenvalue weighted by Gasteiger charge is 2.57. The molecule has 0 unspecified atom stereocenters. The van der Waals surface area contributed by atoms with Gasteiger partial charge >= 0.3 is 17.9 Å². The zero-order valence-electron chi connectivity index (χ0n) is 23.6. The number of esters is 3. The number of hydrogen-bond donors (Lipinski definition) is 2. The Morgan fingerprint density at radius 1 is 0.900 bits per heavy atom. The van der Waals surface area contributed by atoms with Crippen LogP contribution in [0.3, 0.4) is 0 Å². The molecule has 15 heteroatoms. The number of nitrogens with one attached hydrogen (secondary N) is 1. The fraction of sp³-hybridized carbons (Fsp3) is 0.840. The van der Waals surface area contributed by atoms with Gasteiger partial charge in [0.15, 0.2) is 30.6 Å². The van der Waals surface area contributed by atoms with E-state index in [0.29, 0.717) is 6.61 Å². The van der Waals surface area contributed by atoms with Gasteiger partial charge in [-0.15, -0.1) is 0 Å². The van der Waals surface area contributed by atoms with Crippen LogP contribution in [0.4, 0.5) is 0 Å². The Balaban J connectivity index is 1.81. The van der Waals surface area contributed by atoms with Gasteiger partial charge in [0, 0.05) is 34.3 Å². The highest BCUT2D eigenvalue weighted by molar-refractivity contribution is 5.73. The molecule has 3 heterocycles. The van der Waals surface area contributed by atoms with Crippen LogP contribution < -0.4 is 5.32 Å². The first kappa shape index (κ1) is 32.1. The summed E-state index contributed by atoms with van der Waals surface area (Å²) in [4.78, 5) is 47.5. The number of carbonyl (C=O) groups is 4. The number of aliphatic hydroxyl groups excluding tert-OH is 1. The van der Waals surface area contributed by atoms with Crippen LogP contribution in [0.5, 0.6) is 0 Å². The second-order valence-electron chi connectivity index (χ2n) is 10.1. The minimum atomic E-state index is -1.34. The molecular weight excluding hydrogens is 538 g/mol. The molecule has 228 valence electrons. The van der Waals surface area contributed by atoms with Crippen molar-refractivity contribution in [1.29, 1.82) is 0 Å². The molecule has 3 rings (SSSR count). The van der Waals surface area contributed by atoms with E-state index in [2.05, 4.69) is 5.32 Å². The summed E-state index contributed by atoms with van der Waals surface area (Å²) in [7, 11) is 0. The molecule has 40 heavy (non-hydrogen) atoms. The van der Waals surface area contributed by atoms with Crippen molar-refractivity contribution in [1.82, 2.24) is 5.32 Å². The number of amides is 1. The molecule has 0 saturated carbocycles. The standard InChI is InChI=1S/C25H39NO14/c1-8-32-21-18(38-24-22(21)39-25(6,7)40-24)15(31)9-34-23-17(26-11(2)27)20(36-14(5)30)19(35-13(4)29)16(37-23)10-33-12(3)28/h15-24,31H,8-10H2,1-7H3,(H,26,27)/t15-,16+,17-,18-,19-,20+,21+,22-,23+,24+/m1/s1. The SMILES string of the molecule is CCO[C@@H]1[C@H]2OC(C)(C)O[C@@H]2O[C@@H]1[C@H](O)CO[C@H]1O[C@@H](COC(C)=O)[C@@H](OC(C)=O)[C@@H](OC(C)=O)[C@H]1NC(C)=O. The molecule has 0 radical (unpaired) electrons. The smallest absolute Gasteiger partial charge is 0.303 e. The molecule has 0 spiro atoms. The van der Waals surface area contributed by atoms with E-state index in [-0.39, 0.29) is 13.2 Å². The van der Waals surface area contributed by atoms with Crippen LogP contribution in [0.2, 0.25) is 0 Å². The molecule has 0 bridgehead atoms. The Labute approximate surface area is 231 Å². The molecule has 10 atom stereocenters. The number of ether oxygens (including phenoxy) is 9. The summed E-state index contributed by atoms with van der Waals surface area (Å²) >= 11 is 0. The Kier molecular flexibility index (Phi) is 10.8. The van der Waals surface area contributed by atoms with E-state index in [1.165, 1.54) is 13.8 Å². The Bertz CT molecular complexity index is 927. The van der Waals surface area contributed by atoms with E-state index in [0.717, 1.165) is 13.8 Å². The maximum atomic E-state index is 12.1. The maximum absolute atomic E-state index is 12.1. The van der Waals surface area contributed by atoms with Crippen LogP contribution in [0.25, 0.3) is 0 Å². The lowest BCUT2D eigenvalue weighted by molar-refractivity contribution is -0.286. The van der Waals surface area contributed by atoms with Crippen molar-refractivity contribution < 1.29 is 66.9 Å². The van der Waals surface area contributed by atoms with Gasteiger partial charge < -0.3 is 53.1 Å². The Morgan fingerprint density at radius 2 is 1.55 bits per heavy atom. The third-order valence-corrected chi connectivity index (χ3v) is 6.27. The molecule has 3 aliphatic rings. The van der Waals surface area contributed by atoms with Gasteiger partial charge in [-0.2, -0.15) is 0 Å². The van der Waals surface area contributed by atoms with E-state index in [1.54, 1.807) is 20.8 Å². The van der Waals surface area contributed by atoms with Crippen LogP contribution in [0.15, 0.2) is 0 Å². The van der Waals surface area contributed by atoms with Crippen molar-refractivity contribution >= 4 is 23.8 Å². The number of hydrogen-bond acceptors (Lipinski definition) is 14. The molecule has 3 saturated heterocycles. The predicted octanol–water partition coefficient (Wildman–Crippen LogP) is -0.698. The van der Waals surface area contributed by atoms with E-state index < -0.39 is 91.0 Å². The summed E-state index contributed by atoms with van der Waals surface area (Å²) in [5.74, 6) is -3.52. The largest absolute Gasteiger partial charge is 0.463 e. The number of fused-ring (bicyclic) bond motifs is 1. The zero-order chi connectivity index (χ0) is 29.8. The number of rotatable bonds is 11. The molecule has 0 aliphatic carbocycles. The first-order valence-electron chi connectivity index (χ1n) is 13.0. The second kappa shape index (κ2) is 13.5. The summed E-state index contributed by atoms with van der Waals surface area (Å²) in [5, 5.41) is 13.6. The molecule has 3 aliphatic heterocycles. The van der Waals surface area contributed by atoms with Gasteiger partial charge in [-0.1, -0.05) is 0 Å². The monoisotopic (exact) mass is 577 g/mol. The fourth-order valence-electron chi connectivity index (χ4n) is 4.92. The van der Waals surface area contributed by atoms with Crippen molar-refractivity contribution in [3.05, 3.63) is 0 Å². The summed E-state index contributed by atoms with van der Waals surface area (Å²) in [6.07, 6.45) is -9.24. The number of carbonyl (C=O) groups excluding carboxylic acids is 4. The lowest BCUT2D eigenvalue weighted by atomic mass is 9.96. The lowest BCUT2D eigenvalue weighted by Gasteiger charge is -2.45. The van der Waals surface area contributed by atoms with Gasteiger partial charge in [0.25, 0.3) is 0 Å². The van der Waals surface area contributed by atoms with E-state index in [9.17, 15) is 24.3 Å². The highest BCUT2D eigenvalue weighted by Crippen LogP contribution is 2.40. The van der Waals surface area contributed by atoms with E-state index in [4.69, 9.17) is 42.6 Å². The third kappa shape index (κ3) is 8.09. The molecule has 0 aromatic heterocycles.